The highest BCUT2D eigenvalue weighted by Gasteiger charge is 2.12. The second-order valence-electron chi connectivity index (χ2n) is 4.89. The van der Waals surface area contributed by atoms with Crippen molar-refractivity contribution in [3.63, 3.8) is 0 Å². The highest BCUT2D eigenvalue weighted by Crippen LogP contribution is 2.22. The average Bonchev–Trinajstić information content (AvgIpc) is 2.39. The Bertz CT molecular complexity index is 417. The topological polar surface area (TPSA) is 50.9 Å². The minimum absolute atomic E-state index is 0.297. The summed E-state index contributed by atoms with van der Waals surface area (Å²) in [5, 5.41) is 0. The molecule has 0 saturated heterocycles. The Morgan fingerprint density at radius 2 is 2.22 bits per heavy atom. The summed E-state index contributed by atoms with van der Waals surface area (Å²) in [6, 6.07) is 2.40. The Labute approximate surface area is 117 Å². The van der Waals surface area contributed by atoms with Crippen molar-refractivity contribution in [2.75, 3.05) is 0 Å². The summed E-state index contributed by atoms with van der Waals surface area (Å²) in [6.07, 6.45) is 13.2. The molecule has 1 aliphatic carbocycles. The molecule has 0 aliphatic heterocycles. The van der Waals surface area contributed by atoms with Crippen molar-refractivity contribution in [3.8, 4) is 0 Å². The third-order valence-corrected chi connectivity index (χ3v) is 3.81. The van der Waals surface area contributed by atoms with Crippen LogP contribution in [0.3, 0.4) is 0 Å². The molecule has 0 fully saturated rings. The lowest BCUT2D eigenvalue weighted by atomic mass is 9.92. The van der Waals surface area contributed by atoms with Gasteiger partial charge >= 0.3 is 0 Å². The first-order valence-electron chi connectivity index (χ1n) is 6.51. The molecule has 4 heteroatoms. The molecule has 1 aromatic heterocycles. The fourth-order valence-electron chi connectivity index (χ4n) is 2.45. The van der Waals surface area contributed by atoms with E-state index in [-0.39, 0.29) is 0 Å². The number of nitrogens with two attached hydrogens (primary N) is 1. The second-order valence-corrected chi connectivity index (χ2v) is 5.81. The molecule has 1 atom stereocenters. The number of nitrogens with zero attached hydrogens (tertiary/aromatic N) is 1. The first-order chi connectivity index (χ1) is 8.78. The quantitative estimate of drug-likeness (QED) is 0.499. The third-order valence-electron chi connectivity index (χ3n) is 3.37. The Morgan fingerprint density at radius 3 is 2.89 bits per heavy atom. The minimum Gasteiger partial charge on any atom is -0.271 e. The summed E-state index contributed by atoms with van der Waals surface area (Å²) >= 11 is 3.45. The van der Waals surface area contributed by atoms with Gasteiger partial charge in [-0.15, -0.1) is 0 Å². The summed E-state index contributed by atoms with van der Waals surface area (Å²) in [7, 11) is 0. The fraction of sp³-hybridized carbons (Fsp3) is 0.500. The van der Waals surface area contributed by atoms with Crippen molar-refractivity contribution in [2.24, 2.45) is 5.84 Å². The van der Waals surface area contributed by atoms with E-state index in [1.165, 1.54) is 31.2 Å². The van der Waals surface area contributed by atoms with Crippen LogP contribution in [0.25, 0.3) is 0 Å². The number of hydrazine groups is 1. The lowest BCUT2D eigenvalue weighted by Gasteiger charge is -2.20. The maximum Gasteiger partial charge on any atom is 0.0410 e. The van der Waals surface area contributed by atoms with E-state index in [0.29, 0.717) is 6.04 Å². The van der Waals surface area contributed by atoms with Crippen LogP contribution < -0.4 is 11.3 Å². The van der Waals surface area contributed by atoms with Crippen LogP contribution in [-0.2, 0) is 6.42 Å². The number of hydrogen-bond donors (Lipinski definition) is 2. The van der Waals surface area contributed by atoms with Crippen LogP contribution in [0, 0.1) is 0 Å². The van der Waals surface area contributed by atoms with Crippen LogP contribution in [0.15, 0.2) is 34.6 Å². The molecule has 1 aliphatic rings. The van der Waals surface area contributed by atoms with E-state index < -0.39 is 0 Å². The van der Waals surface area contributed by atoms with Gasteiger partial charge in [0.05, 0.1) is 0 Å². The summed E-state index contributed by atoms with van der Waals surface area (Å²) in [6.45, 7) is 0. The van der Waals surface area contributed by atoms with Gasteiger partial charge in [0.15, 0.2) is 0 Å². The van der Waals surface area contributed by atoms with Crippen LogP contribution in [-0.4, -0.2) is 11.0 Å². The Kier molecular flexibility index (Phi) is 5.35. The van der Waals surface area contributed by atoms with Gasteiger partial charge in [0.25, 0.3) is 0 Å². The smallest absolute Gasteiger partial charge is 0.0410 e. The van der Waals surface area contributed by atoms with E-state index in [4.69, 9.17) is 5.84 Å². The summed E-state index contributed by atoms with van der Waals surface area (Å²) < 4.78 is 1.02. The maximum absolute atomic E-state index is 5.67. The predicted octanol–water partition coefficient (Wildman–Crippen LogP) is 3.11. The first kappa shape index (κ1) is 13.7. The number of aromatic nitrogens is 1. The van der Waals surface area contributed by atoms with Crippen LogP contribution in [0.5, 0.6) is 0 Å². The lowest BCUT2D eigenvalue weighted by Crippen LogP contribution is -2.37. The third kappa shape index (κ3) is 4.19. The number of pyridine rings is 1. The zero-order chi connectivity index (χ0) is 12.8. The van der Waals surface area contributed by atoms with Crippen LogP contribution in [0.4, 0.5) is 0 Å². The van der Waals surface area contributed by atoms with E-state index >= 15 is 0 Å². The second kappa shape index (κ2) is 7.02. The normalized spacial score (nSPS) is 17.3. The number of hydrogen-bond acceptors (Lipinski definition) is 3. The zero-order valence-corrected chi connectivity index (χ0v) is 12.1. The maximum atomic E-state index is 5.67. The number of halogens is 1. The molecule has 1 aromatic rings. The van der Waals surface area contributed by atoms with E-state index in [2.05, 4.69) is 38.5 Å². The molecule has 2 rings (SSSR count). The van der Waals surface area contributed by atoms with Gasteiger partial charge in [0.1, 0.15) is 0 Å². The van der Waals surface area contributed by atoms with Crippen molar-refractivity contribution in [1.82, 2.24) is 10.4 Å². The number of allylic oxidation sites excluding steroid dienone is 1. The first-order valence-corrected chi connectivity index (χ1v) is 7.30. The molecule has 0 aromatic carbocycles. The van der Waals surface area contributed by atoms with Crippen molar-refractivity contribution in [3.05, 3.63) is 40.1 Å². The highest BCUT2D eigenvalue weighted by atomic mass is 79.9. The van der Waals surface area contributed by atoms with Crippen molar-refractivity contribution >= 4 is 15.9 Å². The van der Waals surface area contributed by atoms with E-state index in [9.17, 15) is 0 Å². The molecular weight excluding hydrogens is 290 g/mol. The molecule has 18 heavy (non-hydrogen) atoms. The summed E-state index contributed by atoms with van der Waals surface area (Å²) in [5.74, 6) is 5.67. The molecule has 0 spiro atoms. The Hall–Kier alpha value is -0.710. The minimum atomic E-state index is 0.297. The SMILES string of the molecule is NNC(CC1=CCCCC1)Cc1cncc(Br)c1. The molecule has 0 radical (unpaired) electrons. The molecule has 0 amide bonds. The largest absolute Gasteiger partial charge is 0.271 e. The highest BCUT2D eigenvalue weighted by molar-refractivity contribution is 9.10. The van der Waals surface area contributed by atoms with Gasteiger partial charge in [-0.3, -0.25) is 16.3 Å². The summed E-state index contributed by atoms with van der Waals surface area (Å²) in [5.41, 5.74) is 5.69. The zero-order valence-electron chi connectivity index (χ0n) is 10.5. The molecular formula is C14H20BrN3. The predicted molar refractivity (Wildman–Crippen MR) is 77.9 cm³/mol. The molecule has 1 heterocycles. The van der Waals surface area contributed by atoms with Crippen molar-refractivity contribution < 1.29 is 0 Å². The van der Waals surface area contributed by atoms with Gasteiger partial charge < -0.3 is 0 Å². The van der Waals surface area contributed by atoms with Gasteiger partial charge in [-0.05, 0) is 66.1 Å². The van der Waals surface area contributed by atoms with Gasteiger partial charge in [-0.1, -0.05) is 11.6 Å². The van der Waals surface area contributed by atoms with Gasteiger partial charge in [0.2, 0.25) is 0 Å². The van der Waals surface area contributed by atoms with Crippen molar-refractivity contribution in [2.45, 2.75) is 44.6 Å². The number of nitrogens with one attached hydrogen (secondary N) is 1. The molecule has 0 saturated carbocycles. The van der Waals surface area contributed by atoms with E-state index in [0.717, 1.165) is 17.3 Å². The van der Waals surface area contributed by atoms with Gasteiger partial charge in [-0.25, -0.2) is 0 Å². The lowest BCUT2D eigenvalue weighted by molar-refractivity contribution is 0.504. The fourth-order valence-corrected chi connectivity index (χ4v) is 2.86. The summed E-state index contributed by atoms with van der Waals surface area (Å²) in [4.78, 5) is 4.19. The average molecular weight is 310 g/mol. The van der Waals surface area contributed by atoms with Crippen LogP contribution in [0.1, 0.15) is 37.7 Å². The molecule has 98 valence electrons. The molecule has 1 unspecified atom stereocenters. The Morgan fingerprint density at radius 1 is 1.33 bits per heavy atom. The molecule has 0 bridgehead atoms. The van der Waals surface area contributed by atoms with Crippen LogP contribution >= 0.6 is 15.9 Å². The van der Waals surface area contributed by atoms with E-state index in [1.54, 1.807) is 11.8 Å². The van der Waals surface area contributed by atoms with E-state index in [1.807, 2.05) is 6.20 Å². The number of rotatable bonds is 5. The van der Waals surface area contributed by atoms with Gasteiger partial charge in [0, 0.05) is 22.9 Å². The molecule has 3 N–H and O–H groups in total. The molecule has 3 nitrogen and oxygen atoms in total. The van der Waals surface area contributed by atoms with Crippen molar-refractivity contribution in [1.29, 1.82) is 0 Å². The monoisotopic (exact) mass is 309 g/mol. The van der Waals surface area contributed by atoms with Gasteiger partial charge in [-0.2, -0.15) is 0 Å². The van der Waals surface area contributed by atoms with Crippen LogP contribution in [0.2, 0.25) is 0 Å². The Balaban J connectivity index is 1.94. The standard InChI is InChI=1S/C14H20BrN3/c15-13-6-12(9-17-10-13)8-14(18-16)7-11-4-2-1-3-5-11/h4,6,9-10,14,18H,1-3,5,7-8,16H2.